The van der Waals surface area contributed by atoms with E-state index in [1.54, 1.807) is 24.3 Å². The number of ether oxygens (including phenoxy) is 1. The first-order chi connectivity index (χ1) is 9.85. The van der Waals surface area contributed by atoms with E-state index in [4.69, 9.17) is 10.5 Å². The van der Waals surface area contributed by atoms with Crippen molar-refractivity contribution in [1.29, 1.82) is 0 Å². The smallest absolute Gasteiger partial charge is 0.340 e. The maximum Gasteiger partial charge on any atom is 0.340 e. The lowest BCUT2D eigenvalue weighted by molar-refractivity contribution is -0.108. The number of esters is 1. The Bertz CT molecular complexity index is 483. The Morgan fingerprint density at radius 2 is 2.05 bits per heavy atom. The Morgan fingerprint density at radius 3 is 2.67 bits per heavy atom. The molecule has 116 valence electrons. The quantitative estimate of drug-likeness (QED) is 0.451. The minimum absolute atomic E-state index is 0.374. The van der Waals surface area contributed by atoms with Gasteiger partial charge < -0.3 is 15.3 Å². The molecule has 0 aliphatic rings. The zero-order valence-corrected chi connectivity index (χ0v) is 13.1. The minimum Gasteiger partial charge on any atom is -0.456 e. The number of hydrogen-bond acceptors (Lipinski definition) is 4. The summed E-state index contributed by atoms with van der Waals surface area (Å²) in [7, 11) is 0. The second kappa shape index (κ2) is 7.81. The molecule has 0 saturated heterocycles. The number of hydrogen-bond donors (Lipinski definition) is 1. The van der Waals surface area contributed by atoms with E-state index in [-0.39, 0.29) is 5.97 Å². The van der Waals surface area contributed by atoms with Crippen LogP contribution in [0.5, 0.6) is 0 Å². The molecular weight excluding hydrogens is 266 g/mol. The number of anilines is 1. The van der Waals surface area contributed by atoms with Crippen LogP contribution in [0.1, 0.15) is 56.8 Å². The summed E-state index contributed by atoms with van der Waals surface area (Å²) in [4.78, 5) is 22.6. The number of nitrogens with two attached hydrogens (primary N) is 1. The molecule has 0 aliphatic carbocycles. The third kappa shape index (κ3) is 5.98. The maximum absolute atomic E-state index is 12.1. The molecule has 4 heteroatoms. The van der Waals surface area contributed by atoms with Crippen molar-refractivity contribution in [3.05, 3.63) is 29.8 Å². The molecular formula is C17H25NO3. The van der Waals surface area contributed by atoms with E-state index < -0.39 is 5.60 Å². The van der Waals surface area contributed by atoms with Gasteiger partial charge >= 0.3 is 5.97 Å². The highest BCUT2D eigenvalue weighted by atomic mass is 16.6. The fourth-order valence-corrected chi connectivity index (χ4v) is 2.20. The van der Waals surface area contributed by atoms with E-state index in [9.17, 15) is 9.59 Å². The summed E-state index contributed by atoms with van der Waals surface area (Å²) in [5.41, 5.74) is 6.07. The van der Waals surface area contributed by atoms with Gasteiger partial charge in [0.2, 0.25) is 0 Å². The van der Waals surface area contributed by atoms with Crippen molar-refractivity contribution in [2.24, 2.45) is 5.92 Å². The van der Waals surface area contributed by atoms with Crippen molar-refractivity contribution >= 4 is 17.9 Å². The predicted molar refractivity (Wildman–Crippen MR) is 84.0 cm³/mol. The van der Waals surface area contributed by atoms with Crippen LogP contribution in [-0.4, -0.2) is 17.9 Å². The van der Waals surface area contributed by atoms with Crippen LogP contribution in [0.25, 0.3) is 0 Å². The molecule has 1 aromatic rings. The van der Waals surface area contributed by atoms with Crippen molar-refractivity contribution in [3.63, 3.8) is 0 Å². The van der Waals surface area contributed by atoms with Gasteiger partial charge in [-0.15, -0.1) is 0 Å². The van der Waals surface area contributed by atoms with E-state index >= 15 is 0 Å². The molecule has 1 rings (SSSR count). The Balaban J connectivity index is 2.50. The van der Waals surface area contributed by atoms with Gasteiger partial charge in [-0.1, -0.05) is 25.5 Å². The van der Waals surface area contributed by atoms with E-state index in [0.29, 0.717) is 23.6 Å². The van der Waals surface area contributed by atoms with Crippen molar-refractivity contribution < 1.29 is 14.3 Å². The average molecular weight is 291 g/mol. The number of benzene rings is 1. The lowest BCUT2D eigenvalue weighted by Crippen LogP contribution is -2.28. The molecule has 0 heterocycles. The van der Waals surface area contributed by atoms with E-state index in [1.165, 1.54) is 0 Å². The van der Waals surface area contributed by atoms with Gasteiger partial charge in [-0.3, -0.25) is 0 Å². The van der Waals surface area contributed by atoms with Crippen molar-refractivity contribution in [2.75, 3.05) is 5.73 Å². The van der Waals surface area contributed by atoms with Gasteiger partial charge in [0.15, 0.2) is 0 Å². The Kier molecular flexibility index (Phi) is 6.40. The van der Waals surface area contributed by atoms with Crippen molar-refractivity contribution in [2.45, 2.75) is 52.1 Å². The van der Waals surface area contributed by atoms with E-state index in [2.05, 4.69) is 6.92 Å². The number of aldehydes is 1. The van der Waals surface area contributed by atoms with Crippen molar-refractivity contribution in [1.82, 2.24) is 0 Å². The summed E-state index contributed by atoms with van der Waals surface area (Å²) < 4.78 is 5.56. The molecule has 1 atom stereocenters. The second-order valence-electron chi connectivity index (χ2n) is 6.14. The van der Waals surface area contributed by atoms with Gasteiger partial charge in [-0.2, -0.15) is 0 Å². The van der Waals surface area contributed by atoms with E-state index in [1.807, 2.05) is 13.8 Å². The molecule has 0 bridgehead atoms. The Morgan fingerprint density at radius 1 is 1.38 bits per heavy atom. The zero-order valence-electron chi connectivity index (χ0n) is 13.1. The Hall–Kier alpha value is -1.84. The highest BCUT2D eigenvalue weighted by molar-refractivity contribution is 5.95. The number of rotatable bonds is 8. The molecule has 0 aromatic heterocycles. The molecule has 0 fully saturated rings. The van der Waals surface area contributed by atoms with Gasteiger partial charge in [0, 0.05) is 12.1 Å². The average Bonchev–Trinajstić information content (AvgIpc) is 2.38. The lowest BCUT2D eigenvalue weighted by Gasteiger charge is -2.26. The normalized spacial score (nSPS) is 12.7. The van der Waals surface area contributed by atoms with Crippen LogP contribution in [-0.2, 0) is 9.53 Å². The fourth-order valence-electron chi connectivity index (χ4n) is 2.20. The Labute approximate surface area is 126 Å². The van der Waals surface area contributed by atoms with Crippen LogP contribution >= 0.6 is 0 Å². The molecule has 0 amide bonds. The summed E-state index contributed by atoms with van der Waals surface area (Å²) in [6.07, 6.45) is 4.16. The SMILES string of the molecule is CC(CC=O)CCCC(C)(C)OC(=O)c1ccccc1N. The third-order valence-corrected chi connectivity index (χ3v) is 3.52. The molecule has 0 spiro atoms. The number of carbonyl (C=O) groups is 2. The molecule has 0 radical (unpaired) electrons. The van der Waals surface area contributed by atoms with Gasteiger partial charge in [-0.25, -0.2) is 4.79 Å². The molecule has 0 aliphatic heterocycles. The van der Waals surface area contributed by atoms with Crippen LogP contribution in [0, 0.1) is 5.92 Å². The van der Waals surface area contributed by atoms with Crippen LogP contribution in [0.3, 0.4) is 0 Å². The second-order valence-corrected chi connectivity index (χ2v) is 6.14. The highest BCUT2D eigenvalue weighted by Gasteiger charge is 2.24. The van der Waals surface area contributed by atoms with Gasteiger partial charge in [0.1, 0.15) is 11.9 Å². The molecule has 0 saturated carbocycles. The summed E-state index contributed by atoms with van der Waals surface area (Å²) >= 11 is 0. The number of carbonyl (C=O) groups excluding carboxylic acids is 2. The summed E-state index contributed by atoms with van der Waals surface area (Å²) in [6, 6.07) is 6.90. The van der Waals surface area contributed by atoms with Gasteiger partial charge in [0.25, 0.3) is 0 Å². The van der Waals surface area contributed by atoms with Gasteiger partial charge in [-0.05, 0) is 44.7 Å². The first kappa shape index (κ1) is 17.2. The standard InChI is InChI=1S/C17H25NO3/c1-13(10-12-19)7-6-11-17(2,3)21-16(20)14-8-4-5-9-15(14)18/h4-5,8-9,12-13H,6-7,10-11,18H2,1-3H3. The van der Waals surface area contributed by atoms with Gasteiger partial charge in [0.05, 0.1) is 5.56 Å². The molecule has 2 N–H and O–H groups in total. The minimum atomic E-state index is -0.541. The third-order valence-electron chi connectivity index (χ3n) is 3.52. The van der Waals surface area contributed by atoms with Crippen LogP contribution in [0.2, 0.25) is 0 Å². The van der Waals surface area contributed by atoms with Crippen molar-refractivity contribution in [3.8, 4) is 0 Å². The molecule has 1 unspecified atom stereocenters. The topological polar surface area (TPSA) is 69.4 Å². The maximum atomic E-state index is 12.1. The first-order valence-corrected chi connectivity index (χ1v) is 7.37. The molecule has 4 nitrogen and oxygen atoms in total. The highest BCUT2D eigenvalue weighted by Crippen LogP contribution is 2.23. The summed E-state index contributed by atoms with van der Waals surface area (Å²) in [5.74, 6) is -0.0159. The molecule has 1 aromatic carbocycles. The lowest BCUT2D eigenvalue weighted by atomic mass is 9.95. The van der Waals surface area contributed by atoms with Crippen LogP contribution in [0.4, 0.5) is 5.69 Å². The van der Waals surface area contributed by atoms with Crippen LogP contribution < -0.4 is 5.73 Å². The zero-order chi connectivity index (χ0) is 15.9. The largest absolute Gasteiger partial charge is 0.456 e. The number of para-hydroxylation sites is 1. The van der Waals surface area contributed by atoms with E-state index in [0.717, 1.165) is 25.5 Å². The fraction of sp³-hybridized carbons (Fsp3) is 0.529. The predicted octanol–water partition coefficient (Wildman–Crippen LogP) is 3.60. The number of nitrogen functional groups attached to an aromatic ring is 1. The monoisotopic (exact) mass is 291 g/mol. The summed E-state index contributed by atoms with van der Waals surface area (Å²) in [5, 5.41) is 0. The van der Waals surface area contributed by atoms with Crippen LogP contribution in [0.15, 0.2) is 24.3 Å². The first-order valence-electron chi connectivity index (χ1n) is 7.37. The summed E-state index contributed by atoms with van der Waals surface area (Å²) in [6.45, 7) is 5.85. The molecule has 21 heavy (non-hydrogen) atoms.